The molecule has 2 N–H and O–H groups in total. The third-order valence-electron chi connectivity index (χ3n) is 3.65. The highest BCUT2D eigenvalue weighted by molar-refractivity contribution is 5.30. The molecule has 0 saturated carbocycles. The van der Waals surface area contributed by atoms with Gasteiger partial charge in [-0.2, -0.15) is 0 Å². The quantitative estimate of drug-likeness (QED) is 0.788. The van der Waals surface area contributed by atoms with Gasteiger partial charge >= 0.3 is 0 Å². The Balaban J connectivity index is 1.68. The molecule has 0 unspecified atom stereocenters. The minimum atomic E-state index is 0.813. The van der Waals surface area contributed by atoms with E-state index in [1.165, 1.54) is 31.4 Å². The van der Waals surface area contributed by atoms with Crippen molar-refractivity contribution in [1.29, 1.82) is 0 Å². The lowest BCUT2D eigenvalue weighted by Gasteiger charge is -2.24. The van der Waals surface area contributed by atoms with Crippen LogP contribution >= 0.6 is 0 Å². The maximum atomic E-state index is 3.38. The molecule has 0 spiro atoms. The first-order valence-electron chi connectivity index (χ1n) is 6.15. The van der Waals surface area contributed by atoms with Gasteiger partial charge in [0.15, 0.2) is 0 Å². The molecule has 0 fully saturated rings. The van der Waals surface area contributed by atoms with Crippen molar-refractivity contribution in [3.05, 3.63) is 47.3 Å². The zero-order valence-corrected chi connectivity index (χ0v) is 9.50. The Morgan fingerprint density at radius 2 is 2.06 bits per heavy atom. The first-order chi connectivity index (χ1) is 7.92. The third kappa shape index (κ3) is 1.92. The highest BCUT2D eigenvalue weighted by atomic mass is 15.1. The molecule has 2 heteroatoms. The molecule has 1 heterocycles. The summed E-state index contributed by atoms with van der Waals surface area (Å²) < 4.78 is 0. The van der Waals surface area contributed by atoms with Crippen molar-refractivity contribution in [2.24, 2.45) is 5.92 Å². The van der Waals surface area contributed by atoms with Gasteiger partial charge in [0.05, 0.1) is 6.67 Å². The lowest BCUT2D eigenvalue weighted by Crippen LogP contribution is -2.19. The maximum absolute atomic E-state index is 3.38. The Morgan fingerprint density at radius 1 is 1.19 bits per heavy atom. The standard InChI is InChI=1S/C14H18N2/c1-2-4-13-7-11(5-6-12(13)3-1)8-14-9-15-10-16-14/h1-4,9,11,15-16H,5-8,10H2/t11-/m0/s1. The molecule has 2 aliphatic rings. The average Bonchev–Trinajstić information content (AvgIpc) is 2.82. The van der Waals surface area contributed by atoms with E-state index in [2.05, 4.69) is 41.1 Å². The highest BCUT2D eigenvalue weighted by Gasteiger charge is 2.19. The number of hydrogen-bond donors (Lipinski definition) is 2. The molecule has 0 aromatic heterocycles. The van der Waals surface area contributed by atoms with Crippen LogP contribution in [0.2, 0.25) is 0 Å². The summed E-state index contributed by atoms with van der Waals surface area (Å²) >= 11 is 0. The van der Waals surface area contributed by atoms with Crippen molar-refractivity contribution >= 4 is 0 Å². The fourth-order valence-electron chi connectivity index (χ4n) is 2.78. The Labute approximate surface area is 96.7 Å². The molecule has 1 aromatic rings. The first kappa shape index (κ1) is 9.76. The predicted molar refractivity (Wildman–Crippen MR) is 65.8 cm³/mol. The Kier molecular flexibility index (Phi) is 2.56. The molecule has 0 bridgehead atoms. The zero-order valence-electron chi connectivity index (χ0n) is 9.50. The summed E-state index contributed by atoms with van der Waals surface area (Å²) in [5, 5.41) is 6.59. The minimum absolute atomic E-state index is 0.813. The first-order valence-corrected chi connectivity index (χ1v) is 6.15. The van der Waals surface area contributed by atoms with Crippen molar-refractivity contribution in [2.45, 2.75) is 25.7 Å². The van der Waals surface area contributed by atoms with Crippen LogP contribution in [0.15, 0.2) is 36.2 Å². The van der Waals surface area contributed by atoms with E-state index in [0.717, 1.165) is 12.6 Å². The molecule has 0 saturated heterocycles. The van der Waals surface area contributed by atoms with E-state index in [1.807, 2.05) is 0 Å². The van der Waals surface area contributed by atoms with Gasteiger partial charge in [-0.05, 0) is 42.7 Å². The van der Waals surface area contributed by atoms with Crippen molar-refractivity contribution in [3.63, 3.8) is 0 Å². The number of fused-ring (bicyclic) bond motifs is 1. The Hall–Kier alpha value is -1.44. The number of hydrogen-bond acceptors (Lipinski definition) is 2. The molecule has 1 atom stereocenters. The van der Waals surface area contributed by atoms with Crippen molar-refractivity contribution in [2.75, 3.05) is 6.67 Å². The maximum Gasteiger partial charge on any atom is 0.0843 e. The summed E-state index contributed by atoms with van der Waals surface area (Å²) in [5.41, 5.74) is 4.50. The Bertz CT molecular complexity index is 409. The molecule has 84 valence electrons. The van der Waals surface area contributed by atoms with Crippen molar-refractivity contribution in [1.82, 2.24) is 10.6 Å². The molecule has 1 aliphatic carbocycles. The lowest BCUT2D eigenvalue weighted by atomic mass is 9.82. The topological polar surface area (TPSA) is 24.1 Å². The van der Waals surface area contributed by atoms with Gasteiger partial charge in [0.25, 0.3) is 0 Å². The molecule has 16 heavy (non-hydrogen) atoms. The third-order valence-corrected chi connectivity index (χ3v) is 3.65. The summed E-state index contributed by atoms with van der Waals surface area (Å²) in [6.07, 6.45) is 7.15. The normalized spacial score (nSPS) is 23.0. The van der Waals surface area contributed by atoms with Gasteiger partial charge in [0.1, 0.15) is 0 Å². The van der Waals surface area contributed by atoms with E-state index < -0.39 is 0 Å². The van der Waals surface area contributed by atoms with E-state index in [0.29, 0.717) is 0 Å². The second-order valence-electron chi connectivity index (χ2n) is 4.81. The van der Waals surface area contributed by atoms with Crippen LogP contribution in [0.5, 0.6) is 0 Å². The van der Waals surface area contributed by atoms with Crippen LogP contribution in [0.25, 0.3) is 0 Å². The largest absolute Gasteiger partial charge is 0.372 e. The monoisotopic (exact) mass is 214 g/mol. The van der Waals surface area contributed by atoms with Gasteiger partial charge in [-0.25, -0.2) is 0 Å². The summed E-state index contributed by atoms with van der Waals surface area (Å²) in [5.74, 6) is 0.813. The summed E-state index contributed by atoms with van der Waals surface area (Å²) in [6.45, 7) is 0.901. The molecular formula is C14H18N2. The van der Waals surface area contributed by atoms with E-state index >= 15 is 0 Å². The number of aryl methyl sites for hydroxylation is 1. The smallest absolute Gasteiger partial charge is 0.0843 e. The second kappa shape index (κ2) is 4.20. The second-order valence-corrected chi connectivity index (χ2v) is 4.81. The summed E-state index contributed by atoms with van der Waals surface area (Å²) in [4.78, 5) is 0. The Morgan fingerprint density at radius 3 is 2.88 bits per heavy atom. The van der Waals surface area contributed by atoms with Gasteiger partial charge in [-0.3, -0.25) is 0 Å². The molecule has 2 nitrogen and oxygen atoms in total. The highest BCUT2D eigenvalue weighted by Crippen LogP contribution is 2.29. The lowest BCUT2D eigenvalue weighted by molar-refractivity contribution is 0.447. The van der Waals surface area contributed by atoms with E-state index in [9.17, 15) is 0 Å². The van der Waals surface area contributed by atoms with Crippen molar-refractivity contribution in [3.8, 4) is 0 Å². The average molecular weight is 214 g/mol. The minimum Gasteiger partial charge on any atom is -0.372 e. The molecule has 0 radical (unpaired) electrons. The zero-order chi connectivity index (χ0) is 10.8. The number of nitrogens with one attached hydrogen (secondary N) is 2. The van der Waals surface area contributed by atoms with Gasteiger partial charge in [-0.15, -0.1) is 0 Å². The molecule has 0 amide bonds. The SMILES string of the molecule is C1=C(C[C@H]2CCc3ccccc3C2)NCN1. The van der Waals surface area contributed by atoms with Gasteiger partial charge in [-0.1, -0.05) is 24.3 Å². The van der Waals surface area contributed by atoms with Crippen LogP contribution in [0.4, 0.5) is 0 Å². The van der Waals surface area contributed by atoms with Crippen LogP contribution in [-0.4, -0.2) is 6.67 Å². The number of allylic oxidation sites excluding steroid dienone is 1. The van der Waals surface area contributed by atoms with Crippen LogP contribution < -0.4 is 10.6 Å². The van der Waals surface area contributed by atoms with Crippen LogP contribution in [0, 0.1) is 5.92 Å². The summed E-state index contributed by atoms with van der Waals surface area (Å²) in [7, 11) is 0. The van der Waals surface area contributed by atoms with Crippen LogP contribution in [0.1, 0.15) is 24.0 Å². The molecular weight excluding hydrogens is 196 g/mol. The van der Waals surface area contributed by atoms with E-state index in [4.69, 9.17) is 0 Å². The van der Waals surface area contributed by atoms with E-state index in [-0.39, 0.29) is 0 Å². The molecule has 3 rings (SSSR count). The molecule has 1 aromatic carbocycles. The van der Waals surface area contributed by atoms with Crippen LogP contribution in [0.3, 0.4) is 0 Å². The van der Waals surface area contributed by atoms with Gasteiger partial charge in [0, 0.05) is 11.9 Å². The molecule has 1 aliphatic heterocycles. The fraction of sp³-hybridized carbons (Fsp3) is 0.429. The number of benzene rings is 1. The predicted octanol–water partition coefficient (Wildman–Crippen LogP) is 2.17. The number of rotatable bonds is 2. The summed E-state index contributed by atoms with van der Waals surface area (Å²) in [6, 6.07) is 8.89. The van der Waals surface area contributed by atoms with Gasteiger partial charge in [0.2, 0.25) is 0 Å². The van der Waals surface area contributed by atoms with Gasteiger partial charge < -0.3 is 10.6 Å². The van der Waals surface area contributed by atoms with Crippen LogP contribution in [-0.2, 0) is 12.8 Å². The van der Waals surface area contributed by atoms with E-state index in [1.54, 1.807) is 11.1 Å². The fourth-order valence-corrected chi connectivity index (χ4v) is 2.78. The van der Waals surface area contributed by atoms with Crippen molar-refractivity contribution < 1.29 is 0 Å².